The molecule has 0 amide bonds. The number of nitrogens with zero attached hydrogens (tertiary/aromatic N) is 1. The van der Waals surface area contributed by atoms with Crippen molar-refractivity contribution in [1.82, 2.24) is 4.98 Å². The number of aliphatic hydroxyl groups is 1. The predicted molar refractivity (Wildman–Crippen MR) is 97.1 cm³/mol. The van der Waals surface area contributed by atoms with Crippen LogP contribution in [0.5, 0.6) is 0 Å². The standard InChI is InChI=1S/C19H22F2N2O6/c1-5-6-27-16(25)11(9-14(24)29-18(2,3)4)19(22,26)17-23-15-12(21)7-10(20)8-13(15)28-17/h5,7-8,11,26H,1,6,9,22H2,2-4H3. The highest BCUT2D eigenvalue weighted by molar-refractivity contribution is 5.81. The van der Waals surface area contributed by atoms with E-state index in [0.717, 1.165) is 6.07 Å². The van der Waals surface area contributed by atoms with E-state index in [0.29, 0.717) is 6.07 Å². The predicted octanol–water partition coefficient (Wildman–Crippen LogP) is 2.29. The van der Waals surface area contributed by atoms with Gasteiger partial charge in [0.1, 0.15) is 29.5 Å². The lowest BCUT2D eigenvalue weighted by atomic mass is 9.92. The van der Waals surface area contributed by atoms with Crippen LogP contribution in [0.25, 0.3) is 11.1 Å². The molecule has 2 aromatic rings. The number of halogens is 2. The molecule has 3 N–H and O–H groups in total. The van der Waals surface area contributed by atoms with Gasteiger partial charge in [-0.2, -0.15) is 0 Å². The molecule has 8 nitrogen and oxygen atoms in total. The minimum Gasteiger partial charge on any atom is -0.461 e. The molecule has 10 heteroatoms. The summed E-state index contributed by atoms with van der Waals surface area (Å²) in [6.45, 7) is 8.02. The number of aromatic nitrogens is 1. The molecule has 0 saturated heterocycles. The van der Waals surface area contributed by atoms with Gasteiger partial charge in [0.15, 0.2) is 11.4 Å². The van der Waals surface area contributed by atoms with Crippen molar-refractivity contribution in [2.75, 3.05) is 6.61 Å². The molecule has 0 aliphatic rings. The molecule has 0 aliphatic carbocycles. The quantitative estimate of drug-likeness (QED) is 0.403. The van der Waals surface area contributed by atoms with Crippen molar-refractivity contribution in [3.63, 3.8) is 0 Å². The zero-order valence-corrected chi connectivity index (χ0v) is 16.2. The van der Waals surface area contributed by atoms with E-state index in [1.54, 1.807) is 20.8 Å². The fourth-order valence-corrected chi connectivity index (χ4v) is 2.49. The van der Waals surface area contributed by atoms with E-state index in [4.69, 9.17) is 19.6 Å². The summed E-state index contributed by atoms with van der Waals surface area (Å²) >= 11 is 0. The Kier molecular flexibility index (Phi) is 6.39. The molecule has 1 aromatic heterocycles. The van der Waals surface area contributed by atoms with E-state index in [1.807, 2.05) is 0 Å². The van der Waals surface area contributed by atoms with Crippen molar-refractivity contribution in [2.45, 2.75) is 38.5 Å². The number of rotatable bonds is 7. The van der Waals surface area contributed by atoms with Crippen LogP contribution < -0.4 is 5.73 Å². The molecule has 0 bridgehead atoms. The van der Waals surface area contributed by atoms with Crippen molar-refractivity contribution in [3.8, 4) is 0 Å². The Hall–Kier alpha value is -2.85. The third-order valence-electron chi connectivity index (χ3n) is 3.71. The van der Waals surface area contributed by atoms with Crippen molar-refractivity contribution in [2.24, 2.45) is 11.7 Å². The number of oxazole rings is 1. The Morgan fingerprint density at radius 3 is 2.62 bits per heavy atom. The number of hydrogen-bond donors (Lipinski definition) is 2. The Labute approximate surface area is 165 Å². The number of benzene rings is 1. The van der Waals surface area contributed by atoms with Crippen LogP contribution in [0.4, 0.5) is 8.78 Å². The van der Waals surface area contributed by atoms with Gasteiger partial charge in [0.25, 0.3) is 0 Å². The maximum Gasteiger partial charge on any atom is 0.314 e. The highest BCUT2D eigenvalue weighted by Crippen LogP contribution is 2.32. The van der Waals surface area contributed by atoms with Crippen molar-refractivity contribution in [1.29, 1.82) is 0 Å². The number of fused-ring (bicyclic) bond motifs is 1. The molecule has 0 saturated carbocycles. The van der Waals surface area contributed by atoms with Gasteiger partial charge in [0.2, 0.25) is 11.6 Å². The largest absolute Gasteiger partial charge is 0.461 e. The summed E-state index contributed by atoms with van der Waals surface area (Å²) in [5, 5.41) is 10.8. The van der Waals surface area contributed by atoms with Crippen LogP contribution in [0.1, 0.15) is 33.1 Å². The normalized spacial score (nSPS) is 14.9. The van der Waals surface area contributed by atoms with Crippen molar-refractivity contribution < 1.29 is 37.4 Å². The fraction of sp³-hybridized carbons (Fsp3) is 0.421. The average molecular weight is 412 g/mol. The second-order valence-electron chi connectivity index (χ2n) is 7.34. The first-order chi connectivity index (χ1) is 13.3. The van der Waals surface area contributed by atoms with Crippen LogP contribution in [0.3, 0.4) is 0 Å². The molecule has 0 fully saturated rings. The second kappa shape index (κ2) is 8.26. The average Bonchev–Trinajstić information content (AvgIpc) is 3.01. The molecule has 1 aromatic carbocycles. The molecule has 29 heavy (non-hydrogen) atoms. The third kappa shape index (κ3) is 5.36. The van der Waals surface area contributed by atoms with Crippen LogP contribution in [0.2, 0.25) is 0 Å². The Morgan fingerprint density at radius 2 is 2.03 bits per heavy atom. The van der Waals surface area contributed by atoms with E-state index < -0.39 is 58.6 Å². The number of ether oxygens (including phenoxy) is 2. The highest BCUT2D eigenvalue weighted by atomic mass is 19.1. The minimum absolute atomic E-state index is 0.215. The van der Waals surface area contributed by atoms with E-state index in [-0.39, 0.29) is 12.2 Å². The maximum atomic E-state index is 13.9. The molecular weight excluding hydrogens is 390 g/mol. The zero-order chi connectivity index (χ0) is 22.0. The molecular formula is C19H22F2N2O6. The number of carbonyl (C=O) groups excluding carboxylic acids is 2. The monoisotopic (exact) mass is 412 g/mol. The van der Waals surface area contributed by atoms with Crippen LogP contribution >= 0.6 is 0 Å². The highest BCUT2D eigenvalue weighted by Gasteiger charge is 2.47. The lowest BCUT2D eigenvalue weighted by Crippen LogP contribution is -2.49. The van der Waals surface area contributed by atoms with Gasteiger partial charge in [-0.05, 0) is 20.8 Å². The summed E-state index contributed by atoms with van der Waals surface area (Å²) in [5.41, 5.74) is 1.58. The molecule has 2 rings (SSSR count). The molecule has 1 heterocycles. The smallest absolute Gasteiger partial charge is 0.314 e. The molecule has 0 spiro atoms. The Morgan fingerprint density at radius 1 is 1.38 bits per heavy atom. The lowest BCUT2D eigenvalue weighted by molar-refractivity contribution is -0.172. The summed E-state index contributed by atoms with van der Waals surface area (Å²) in [7, 11) is 0. The molecule has 158 valence electrons. The van der Waals surface area contributed by atoms with Crippen molar-refractivity contribution in [3.05, 3.63) is 42.3 Å². The van der Waals surface area contributed by atoms with E-state index in [9.17, 15) is 23.5 Å². The maximum absolute atomic E-state index is 13.9. The number of nitrogens with two attached hydrogens (primary N) is 1. The third-order valence-corrected chi connectivity index (χ3v) is 3.71. The van der Waals surface area contributed by atoms with Crippen molar-refractivity contribution >= 4 is 23.0 Å². The lowest BCUT2D eigenvalue weighted by Gasteiger charge is -2.28. The number of hydrogen-bond acceptors (Lipinski definition) is 8. The minimum atomic E-state index is -2.68. The van der Waals surface area contributed by atoms with Crippen LogP contribution in [0, 0.1) is 17.6 Å². The topological polar surface area (TPSA) is 125 Å². The summed E-state index contributed by atoms with van der Waals surface area (Å²) in [4.78, 5) is 28.4. The molecule has 2 unspecified atom stereocenters. The zero-order valence-electron chi connectivity index (χ0n) is 16.2. The molecule has 0 radical (unpaired) electrons. The van der Waals surface area contributed by atoms with E-state index in [2.05, 4.69) is 11.6 Å². The first-order valence-electron chi connectivity index (χ1n) is 8.62. The van der Waals surface area contributed by atoms with Gasteiger partial charge in [0, 0.05) is 12.1 Å². The van der Waals surface area contributed by atoms with Crippen LogP contribution in [0.15, 0.2) is 29.2 Å². The number of carbonyl (C=O) groups is 2. The van der Waals surface area contributed by atoms with Gasteiger partial charge in [-0.3, -0.25) is 15.3 Å². The van der Waals surface area contributed by atoms with Gasteiger partial charge < -0.3 is 19.0 Å². The Bertz CT molecular complexity index is 933. The van der Waals surface area contributed by atoms with E-state index >= 15 is 0 Å². The van der Waals surface area contributed by atoms with E-state index in [1.165, 1.54) is 6.08 Å². The first-order valence-corrected chi connectivity index (χ1v) is 8.62. The van der Waals surface area contributed by atoms with Crippen LogP contribution in [-0.4, -0.2) is 34.2 Å². The summed E-state index contributed by atoms with van der Waals surface area (Å²) in [6.07, 6.45) is 0.589. The summed E-state index contributed by atoms with van der Waals surface area (Å²) in [6, 6.07) is 1.41. The number of esters is 2. The summed E-state index contributed by atoms with van der Waals surface area (Å²) < 4.78 is 42.5. The van der Waals surface area contributed by atoms with Gasteiger partial charge in [-0.25, -0.2) is 13.8 Å². The van der Waals surface area contributed by atoms with Gasteiger partial charge in [-0.15, -0.1) is 0 Å². The Balaban J connectivity index is 2.43. The molecule has 0 aliphatic heterocycles. The van der Waals surface area contributed by atoms with Gasteiger partial charge in [-0.1, -0.05) is 12.7 Å². The van der Waals surface area contributed by atoms with Gasteiger partial charge >= 0.3 is 11.9 Å². The second-order valence-corrected chi connectivity index (χ2v) is 7.34. The summed E-state index contributed by atoms with van der Waals surface area (Å²) in [5.74, 6) is -6.30. The van der Waals surface area contributed by atoms with Gasteiger partial charge in [0.05, 0.1) is 6.42 Å². The SMILES string of the molecule is C=CCOC(=O)C(CC(=O)OC(C)(C)C)C(N)(O)c1nc2c(F)cc(F)cc2o1. The first kappa shape index (κ1) is 22.4. The fourth-order valence-electron chi connectivity index (χ4n) is 2.49. The molecule has 2 atom stereocenters. The van der Waals surface area contributed by atoms with Crippen LogP contribution in [-0.2, 0) is 24.8 Å².